The minimum absolute atomic E-state index is 0.400. The van der Waals surface area contributed by atoms with Gasteiger partial charge in [-0.15, -0.1) is 0 Å². The Labute approximate surface area is 125 Å². The zero-order valence-corrected chi connectivity index (χ0v) is 12.6. The molecule has 0 amide bonds. The summed E-state index contributed by atoms with van der Waals surface area (Å²) in [6.07, 6.45) is 3.95. The highest BCUT2D eigenvalue weighted by atomic mass is 35.5. The van der Waals surface area contributed by atoms with Gasteiger partial charge in [-0.05, 0) is 30.9 Å². The summed E-state index contributed by atoms with van der Waals surface area (Å²) in [4.78, 5) is 2.56. The van der Waals surface area contributed by atoms with Gasteiger partial charge >= 0.3 is 0 Å². The van der Waals surface area contributed by atoms with E-state index in [1.54, 1.807) is 0 Å². The van der Waals surface area contributed by atoms with Crippen LogP contribution in [-0.2, 0) is 0 Å². The van der Waals surface area contributed by atoms with Crippen molar-refractivity contribution in [3.8, 4) is 0 Å². The largest absolute Gasteiger partial charge is 0.314 e. The molecule has 0 spiro atoms. The third-order valence-corrected chi connectivity index (χ3v) is 5.10. The van der Waals surface area contributed by atoms with Gasteiger partial charge in [0.05, 0.1) is 0 Å². The number of hydrogen-bond acceptors (Lipinski definition) is 2. The van der Waals surface area contributed by atoms with Crippen LogP contribution in [0.15, 0.2) is 18.2 Å². The average Bonchev–Trinajstić information content (AvgIpc) is 2.36. The van der Waals surface area contributed by atoms with E-state index >= 15 is 0 Å². The van der Waals surface area contributed by atoms with Crippen molar-refractivity contribution in [2.75, 3.05) is 26.2 Å². The van der Waals surface area contributed by atoms with E-state index in [1.807, 2.05) is 18.2 Å². The number of nitrogens with zero attached hydrogens (tertiary/aromatic N) is 1. The fraction of sp³-hybridized carbons (Fsp3) is 0.600. The van der Waals surface area contributed by atoms with Gasteiger partial charge in [-0.2, -0.15) is 0 Å². The summed E-state index contributed by atoms with van der Waals surface area (Å²) in [6.45, 7) is 4.29. The molecule has 1 heterocycles. The molecule has 0 unspecified atom stereocenters. The topological polar surface area (TPSA) is 15.3 Å². The van der Waals surface area contributed by atoms with Crippen molar-refractivity contribution < 1.29 is 0 Å². The molecule has 1 N–H and O–H groups in total. The summed E-state index contributed by atoms with van der Waals surface area (Å²) in [5, 5.41) is 5.06. The lowest BCUT2D eigenvalue weighted by Gasteiger charge is -2.43. The molecule has 3 rings (SSSR count). The van der Waals surface area contributed by atoms with Crippen LogP contribution in [0, 0.1) is 5.92 Å². The number of nitrogens with one attached hydrogen (secondary N) is 1. The number of rotatable bonds is 3. The lowest BCUT2D eigenvalue weighted by Crippen LogP contribution is -2.48. The van der Waals surface area contributed by atoms with Crippen molar-refractivity contribution in [3.63, 3.8) is 0 Å². The molecule has 19 heavy (non-hydrogen) atoms. The molecule has 0 radical (unpaired) electrons. The first kappa shape index (κ1) is 13.7. The van der Waals surface area contributed by atoms with Gasteiger partial charge < -0.3 is 5.32 Å². The number of hydrogen-bond donors (Lipinski definition) is 1. The lowest BCUT2D eigenvalue weighted by molar-refractivity contribution is 0.0838. The normalized spacial score (nSPS) is 23.1. The Bertz CT molecular complexity index is 420. The lowest BCUT2D eigenvalue weighted by atomic mass is 9.76. The van der Waals surface area contributed by atoms with Crippen LogP contribution in [0.1, 0.15) is 30.9 Å². The van der Waals surface area contributed by atoms with Crippen molar-refractivity contribution in [3.05, 3.63) is 33.8 Å². The Kier molecular flexibility index (Phi) is 4.33. The molecular weight excluding hydrogens is 279 g/mol. The van der Waals surface area contributed by atoms with Gasteiger partial charge in [0.1, 0.15) is 0 Å². The molecule has 0 bridgehead atoms. The molecule has 1 atom stereocenters. The zero-order valence-electron chi connectivity index (χ0n) is 11.0. The summed E-state index contributed by atoms with van der Waals surface area (Å²) < 4.78 is 0. The summed E-state index contributed by atoms with van der Waals surface area (Å²) in [5.41, 5.74) is 1.15. The van der Waals surface area contributed by atoms with Crippen molar-refractivity contribution in [2.45, 2.75) is 25.3 Å². The highest BCUT2D eigenvalue weighted by Gasteiger charge is 2.35. The van der Waals surface area contributed by atoms with Crippen LogP contribution in [0.4, 0.5) is 0 Å². The van der Waals surface area contributed by atoms with Crippen molar-refractivity contribution >= 4 is 23.2 Å². The van der Waals surface area contributed by atoms with E-state index in [4.69, 9.17) is 23.2 Å². The van der Waals surface area contributed by atoms with Crippen LogP contribution < -0.4 is 5.32 Å². The Morgan fingerprint density at radius 3 is 2.26 bits per heavy atom. The Balaban J connectivity index is 1.93. The minimum atomic E-state index is 0.400. The second-order valence-corrected chi connectivity index (χ2v) is 6.37. The molecule has 4 heteroatoms. The van der Waals surface area contributed by atoms with E-state index < -0.39 is 0 Å². The molecule has 1 aromatic rings. The molecule has 1 aliphatic heterocycles. The van der Waals surface area contributed by atoms with E-state index in [0.717, 1.165) is 47.7 Å². The molecule has 2 fully saturated rings. The summed E-state index contributed by atoms with van der Waals surface area (Å²) in [7, 11) is 0. The van der Waals surface area contributed by atoms with E-state index in [1.165, 1.54) is 19.3 Å². The smallest absolute Gasteiger partial charge is 0.0468 e. The fourth-order valence-electron chi connectivity index (χ4n) is 3.23. The van der Waals surface area contributed by atoms with Crippen molar-refractivity contribution in [1.82, 2.24) is 10.2 Å². The quantitative estimate of drug-likeness (QED) is 0.914. The van der Waals surface area contributed by atoms with Crippen LogP contribution in [0.3, 0.4) is 0 Å². The van der Waals surface area contributed by atoms with E-state index in [9.17, 15) is 0 Å². The van der Waals surface area contributed by atoms with E-state index in [0.29, 0.717) is 6.04 Å². The van der Waals surface area contributed by atoms with Gasteiger partial charge in [0.2, 0.25) is 0 Å². The van der Waals surface area contributed by atoms with Gasteiger partial charge in [0.15, 0.2) is 0 Å². The molecule has 1 saturated carbocycles. The maximum Gasteiger partial charge on any atom is 0.0468 e. The number of halogens is 2. The maximum atomic E-state index is 6.44. The first-order valence-electron chi connectivity index (χ1n) is 7.16. The van der Waals surface area contributed by atoms with Crippen molar-refractivity contribution in [2.24, 2.45) is 5.92 Å². The van der Waals surface area contributed by atoms with Gasteiger partial charge in [-0.25, -0.2) is 0 Å². The van der Waals surface area contributed by atoms with Crippen LogP contribution in [0.5, 0.6) is 0 Å². The molecule has 2 nitrogen and oxygen atoms in total. The van der Waals surface area contributed by atoms with E-state index in [2.05, 4.69) is 10.2 Å². The summed E-state index contributed by atoms with van der Waals surface area (Å²) in [5.74, 6) is 0.718. The van der Waals surface area contributed by atoms with Gasteiger partial charge in [-0.1, -0.05) is 35.7 Å². The molecule has 1 saturated heterocycles. The second-order valence-electron chi connectivity index (χ2n) is 5.56. The third kappa shape index (κ3) is 2.78. The monoisotopic (exact) mass is 298 g/mol. The molecule has 104 valence electrons. The van der Waals surface area contributed by atoms with Gasteiger partial charge in [0.25, 0.3) is 0 Å². The second kappa shape index (κ2) is 6.01. The van der Waals surface area contributed by atoms with E-state index in [-0.39, 0.29) is 0 Å². The fourth-order valence-corrected chi connectivity index (χ4v) is 3.85. The molecular formula is C15H20Cl2N2. The van der Waals surface area contributed by atoms with Gasteiger partial charge in [0, 0.05) is 47.8 Å². The Morgan fingerprint density at radius 1 is 1.11 bits per heavy atom. The Morgan fingerprint density at radius 2 is 1.74 bits per heavy atom. The van der Waals surface area contributed by atoms with Crippen LogP contribution >= 0.6 is 23.2 Å². The molecule has 1 aliphatic carbocycles. The molecule has 2 aliphatic rings. The summed E-state index contributed by atoms with van der Waals surface area (Å²) >= 11 is 12.9. The minimum Gasteiger partial charge on any atom is -0.314 e. The highest BCUT2D eigenvalue weighted by Crippen LogP contribution is 2.45. The number of piperazine rings is 1. The van der Waals surface area contributed by atoms with Crippen LogP contribution in [0.2, 0.25) is 10.0 Å². The SMILES string of the molecule is Clc1cccc(Cl)c1[C@@H](C1CCC1)N1CCNCC1. The van der Waals surface area contributed by atoms with Gasteiger partial charge in [-0.3, -0.25) is 4.90 Å². The first-order valence-corrected chi connectivity index (χ1v) is 7.91. The van der Waals surface area contributed by atoms with Crippen molar-refractivity contribution in [1.29, 1.82) is 0 Å². The predicted octanol–water partition coefficient (Wildman–Crippen LogP) is 3.74. The van der Waals surface area contributed by atoms with Crippen LogP contribution in [-0.4, -0.2) is 31.1 Å². The molecule has 0 aromatic heterocycles. The molecule has 1 aromatic carbocycles. The summed E-state index contributed by atoms with van der Waals surface area (Å²) in [6, 6.07) is 6.27. The highest BCUT2D eigenvalue weighted by molar-refractivity contribution is 6.36. The number of benzene rings is 1. The average molecular weight is 299 g/mol. The Hall–Kier alpha value is -0.280. The standard InChI is InChI=1S/C15H20Cl2N2/c16-12-5-2-6-13(17)14(12)15(11-3-1-4-11)19-9-7-18-8-10-19/h2,5-6,11,15,18H,1,3-4,7-10H2/t15-/m1/s1. The first-order chi connectivity index (χ1) is 9.27. The maximum absolute atomic E-state index is 6.44. The third-order valence-electron chi connectivity index (χ3n) is 4.44. The predicted molar refractivity (Wildman–Crippen MR) is 81.0 cm³/mol. The zero-order chi connectivity index (χ0) is 13.2. The van der Waals surface area contributed by atoms with Crippen LogP contribution in [0.25, 0.3) is 0 Å².